The minimum atomic E-state index is -0.265. The van der Waals surface area contributed by atoms with Crippen molar-refractivity contribution >= 4 is 11.8 Å². The van der Waals surface area contributed by atoms with Crippen molar-refractivity contribution in [2.24, 2.45) is 5.92 Å². The zero-order valence-electron chi connectivity index (χ0n) is 19.7. The third-order valence-corrected chi connectivity index (χ3v) is 6.47. The smallest absolute Gasteiger partial charge is 0.272 e. The van der Waals surface area contributed by atoms with Gasteiger partial charge in [-0.25, -0.2) is 4.98 Å². The van der Waals surface area contributed by atoms with Gasteiger partial charge in [0.25, 0.3) is 5.91 Å². The molecule has 2 heterocycles. The summed E-state index contributed by atoms with van der Waals surface area (Å²) in [5.41, 5.74) is 5.27. The van der Waals surface area contributed by atoms with Crippen molar-refractivity contribution in [3.05, 3.63) is 77.9 Å². The summed E-state index contributed by atoms with van der Waals surface area (Å²) in [5, 5.41) is 0. The molecular formula is C27H32N4O2. The summed E-state index contributed by atoms with van der Waals surface area (Å²) >= 11 is 0. The van der Waals surface area contributed by atoms with Gasteiger partial charge in [-0.2, -0.15) is 0 Å². The van der Waals surface area contributed by atoms with E-state index >= 15 is 0 Å². The number of imidazole rings is 1. The fourth-order valence-corrected chi connectivity index (χ4v) is 4.55. The summed E-state index contributed by atoms with van der Waals surface area (Å²) in [6.45, 7) is 8.93. The summed E-state index contributed by atoms with van der Waals surface area (Å²) in [6.07, 6.45) is 3.91. The Bertz CT molecular complexity index is 1120. The molecule has 0 N–H and O–H groups in total. The van der Waals surface area contributed by atoms with Crippen LogP contribution >= 0.6 is 0 Å². The first-order chi connectivity index (χ1) is 16.0. The van der Waals surface area contributed by atoms with Crippen LogP contribution in [0.5, 0.6) is 0 Å². The molecule has 1 aliphatic heterocycles. The number of likely N-dealkylation sites (N-methyl/N-ethyl adjacent to an activating group) is 1. The highest BCUT2D eigenvalue weighted by atomic mass is 16.2. The van der Waals surface area contributed by atoms with Crippen LogP contribution in [0.3, 0.4) is 0 Å². The average Bonchev–Trinajstić information content (AvgIpc) is 3.25. The highest BCUT2D eigenvalue weighted by Crippen LogP contribution is 2.23. The van der Waals surface area contributed by atoms with Crippen molar-refractivity contribution < 1.29 is 9.59 Å². The van der Waals surface area contributed by atoms with E-state index in [1.54, 1.807) is 12.5 Å². The van der Waals surface area contributed by atoms with Crippen molar-refractivity contribution in [2.45, 2.75) is 33.7 Å². The molecule has 0 saturated carbocycles. The highest BCUT2D eigenvalue weighted by Gasteiger charge is 2.32. The molecule has 6 heteroatoms. The zero-order chi connectivity index (χ0) is 23.4. The molecule has 33 heavy (non-hydrogen) atoms. The zero-order valence-corrected chi connectivity index (χ0v) is 19.7. The number of amides is 2. The minimum Gasteiger partial charge on any atom is -0.341 e. The maximum Gasteiger partial charge on any atom is 0.272 e. The van der Waals surface area contributed by atoms with Crippen molar-refractivity contribution in [1.82, 2.24) is 19.4 Å². The van der Waals surface area contributed by atoms with Crippen molar-refractivity contribution in [1.29, 1.82) is 0 Å². The summed E-state index contributed by atoms with van der Waals surface area (Å²) in [4.78, 5) is 34.3. The number of hydrogen-bond donors (Lipinski definition) is 0. The van der Waals surface area contributed by atoms with E-state index in [0.717, 1.165) is 11.1 Å². The van der Waals surface area contributed by atoms with E-state index in [1.165, 1.54) is 11.1 Å². The molecule has 0 bridgehead atoms. The van der Waals surface area contributed by atoms with Gasteiger partial charge in [0, 0.05) is 32.7 Å². The van der Waals surface area contributed by atoms with E-state index in [0.29, 0.717) is 44.8 Å². The number of aryl methyl sites for hydroxylation is 2. The number of hydrogen-bond acceptors (Lipinski definition) is 3. The molecule has 1 fully saturated rings. The fraction of sp³-hybridized carbons (Fsp3) is 0.370. The van der Waals surface area contributed by atoms with E-state index in [1.807, 2.05) is 28.2 Å². The Morgan fingerprint density at radius 1 is 1.03 bits per heavy atom. The standard InChI is InChI=1S/C27H32N4O2/c1-4-29-13-14-31(27(33)25-17-28-19-30(25)5-2)18-24(26(29)32)16-21-9-11-22(12-10-21)23-8-6-7-20(3)15-23/h6-12,15,17,19,24H,4-5,13-14,16,18H2,1-3H3. The molecule has 1 saturated heterocycles. The summed E-state index contributed by atoms with van der Waals surface area (Å²) < 4.78 is 1.85. The van der Waals surface area contributed by atoms with Crippen LogP contribution < -0.4 is 0 Å². The van der Waals surface area contributed by atoms with Crippen LogP contribution in [-0.4, -0.2) is 57.3 Å². The number of carbonyl (C=O) groups excluding carboxylic acids is 2. The highest BCUT2D eigenvalue weighted by molar-refractivity contribution is 5.93. The van der Waals surface area contributed by atoms with Crippen LogP contribution in [0.25, 0.3) is 11.1 Å². The molecule has 2 aromatic carbocycles. The topological polar surface area (TPSA) is 58.4 Å². The number of carbonyl (C=O) groups is 2. The lowest BCUT2D eigenvalue weighted by atomic mass is 9.95. The van der Waals surface area contributed by atoms with Crippen LogP contribution in [0, 0.1) is 12.8 Å². The second-order valence-electron chi connectivity index (χ2n) is 8.70. The molecule has 6 nitrogen and oxygen atoms in total. The Kier molecular flexibility index (Phi) is 6.92. The third-order valence-electron chi connectivity index (χ3n) is 6.47. The summed E-state index contributed by atoms with van der Waals surface area (Å²) in [5.74, 6) is -0.196. The van der Waals surface area contributed by atoms with E-state index in [4.69, 9.17) is 0 Å². The van der Waals surface area contributed by atoms with Gasteiger partial charge in [-0.15, -0.1) is 0 Å². The van der Waals surface area contributed by atoms with Crippen LogP contribution in [0.4, 0.5) is 0 Å². The second kappa shape index (κ2) is 10.0. The van der Waals surface area contributed by atoms with Gasteiger partial charge >= 0.3 is 0 Å². The maximum absolute atomic E-state index is 13.3. The van der Waals surface area contributed by atoms with Gasteiger partial charge in [0.05, 0.1) is 18.4 Å². The Balaban J connectivity index is 1.54. The lowest BCUT2D eigenvalue weighted by molar-refractivity contribution is -0.134. The van der Waals surface area contributed by atoms with Crippen LogP contribution in [-0.2, 0) is 17.8 Å². The first-order valence-electron chi connectivity index (χ1n) is 11.7. The SMILES string of the molecule is CCN1CCN(C(=O)c2cncn2CC)CC(Cc2ccc(-c3cccc(C)c3)cc2)C1=O. The van der Waals surface area contributed by atoms with E-state index in [9.17, 15) is 9.59 Å². The Morgan fingerprint density at radius 2 is 1.82 bits per heavy atom. The van der Waals surface area contributed by atoms with Crippen LogP contribution in [0.2, 0.25) is 0 Å². The fourth-order valence-electron chi connectivity index (χ4n) is 4.55. The van der Waals surface area contributed by atoms with E-state index in [2.05, 4.69) is 60.4 Å². The van der Waals surface area contributed by atoms with Crippen LogP contribution in [0.15, 0.2) is 61.1 Å². The van der Waals surface area contributed by atoms with Crippen molar-refractivity contribution in [3.63, 3.8) is 0 Å². The van der Waals surface area contributed by atoms with Gasteiger partial charge in [-0.3, -0.25) is 9.59 Å². The monoisotopic (exact) mass is 444 g/mol. The predicted molar refractivity (Wildman–Crippen MR) is 130 cm³/mol. The number of benzene rings is 2. The number of aromatic nitrogens is 2. The average molecular weight is 445 g/mol. The minimum absolute atomic E-state index is 0.0556. The van der Waals surface area contributed by atoms with Crippen LogP contribution in [0.1, 0.15) is 35.5 Å². The largest absolute Gasteiger partial charge is 0.341 e. The first kappa shape index (κ1) is 22.8. The molecule has 4 rings (SSSR count). The molecule has 0 aliphatic carbocycles. The second-order valence-corrected chi connectivity index (χ2v) is 8.70. The third kappa shape index (κ3) is 5.00. The van der Waals surface area contributed by atoms with Gasteiger partial charge < -0.3 is 14.4 Å². The quantitative estimate of drug-likeness (QED) is 0.577. The van der Waals surface area contributed by atoms with Gasteiger partial charge in [0.1, 0.15) is 5.69 Å². The van der Waals surface area contributed by atoms with Gasteiger partial charge in [-0.1, -0.05) is 54.1 Å². The normalized spacial score (nSPS) is 16.7. The molecule has 3 aromatic rings. The van der Waals surface area contributed by atoms with Crippen molar-refractivity contribution in [3.8, 4) is 11.1 Å². The molecule has 172 valence electrons. The molecule has 1 aliphatic rings. The van der Waals surface area contributed by atoms with Gasteiger partial charge in [0.15, 0.2) is 0 Å². The van der Waals surface area contributed by atoms with E-state index < -0.39 is 0 Å². The molecule has 1 atom stereocenters. The molecule has 0 spiro atoms. The molecule has 1 aromatic heterocycles. The predicted octanol–water partition coefficient (Wildman–Crippen LogP) is 4.04. The number of nitrogens with zero attached hydrogens (tertiary/aromatic N) is 4. The Labute approximate surface area is 195 Å². The number of rotatable bonds is 6. The summed E-state index contributed by atoms with van der Waals surface area (Å²) in [7, 11) is 0. The molecule has 0 radical (unpaired) electrons. The molecule has 2 amide bonds. The van der Waals surface area contributed by atoms with Gasteiger partial charge in [0.2, 0.25) is 5.91 Å². The first-order valence-corrected chi connectivity index (χ1v) is 11.7. The lowest BCUT2D eigenvalue weighted by Crippen LogP contribution is -2.38. The Morgan fingerprint density at radius 3 is 2.52 bits per heavy atom. The molecule has 1 unspecified atom stereocenters. The Hall–Kier alpha value is -3.41. The maximum atomic E-state index is 13.3. The van der Waals surface area contributed by atoms with Gasteiger partial charge in [-0.05, 0) is 43.9 Å². The van der Waals surface area contributed by atoms with Crippen molar-refractivity contribution in [2.75, 3.05) is 26.2 Å². The van der Waals surface area contributed by atoms with E-state index in [-0.39, 0.29) is 17.7 Å². The molecular weight excluding hydrogens is 412 g/mol. The lowest BCUT2D eigenvalue weighted by Gasteiger charge is -2.24. The summed E-state index contributed by atoms with van der Waals surface area (Å²) in [6, 6.07) is 16.9.